The minimum atomic E-state index is -3.96. The van der Waals surface area contributed by atoms with Gasteiger partial charge < -0.3 is 0 Å². The van der Waals surface area contributed by atoms with Gasteiger partial charge in [-0.2, -0.15) is 0 Å². The van der Waals surface area contributed by atoms with Gasteiger partial charge in [-0.15, -0.1) is 0 Å². The summed E-state index contributed by atoms with van der Waals surface area (Å²) in [5.74, 6) is -0.737. The van der Waals surface area contributed by atoms with Gasteiger partial charge in [0.05, 0.1) is 10.6 Å². The number of aromatic nitrogens is 2. The van der Waals surface area contributed by atoms with Crippen LogP contribution in [0.2, 0.25) is 0 Å². The van der Waals surface area contributed by atoms with Crippen molar-refractivity contribution in [1.82, 2.24) is 14.7 Å². The van der Waals surface area contributed by atoms with Crippen molar-refractivity contribution in [1.29, 1.82) is 0 Å². The van der Waals surface area contributed by atoms with E-state index in [1.807, 2.05) is 26.8 Å². The van der Waals surface area contributed by atoms with Gasteiger partial charge in [-0.25, -0.2) is 23.1 Å². The Labute approximate surface area is 148 Å². The summed E-state index contributed by atoms with van der Waals surface area (Å²) in [6.07, 6.45) is 5.42. The second-order valence-electron chi connectivity index (χ2n) is 6.67. The molecule has 1 heterocycles. The van der Waals surface area contributed by atoms with Crippen molar-refractivity contribution in [3.8, 4) is 0 Å². The van der Waals surface area contributed by atoms with Gasteiger partial charge in [-0.1, -0.05) is 32.9 Å². The van der Waals surface area contributed by atoms with Gasteiger partial charge in [0.2, 0.25) is 0 Å². The number of sulfonamides is 1. The van der Waals surface area contributed by atoms with E-state index in [-0.39, 0.29) is 10.3 Å². The predicted octanol–water partition coefficient (Wildman–Crippen LogP) is 2.60. The first-order valence-corrected chi connectivity index (χ1v) is 9.20. The van der Waals surface area contributed by atoms with Crippen LogP contribution in [-0.4, -0.2) is 24.3 Å². The van der Waals surface area contributed by atoms with Crippen LogP contribution in [0.1, 0.15) is 37.6 Å². The summed E-state index contributed by atoms with van der Waals surface area (Å²) >= 11 is 0. The lowest BCUT2D eigenvalue weighted by Gasteiger charge is -2.20. The normalized spacial score (nSPS) is 12.3. The van der Waals surface area contributed by atoms with E-state index in [9.17, 15) is 13.2 Å². The minimum Gasteiger partial charge on any atom is -0.269 e. The smallest absolute Gasteiger partial charge is 0.264 e. The molecule has 2 rings (SSSR count). The molecule has 0 aliphatic carbocycles. The molecule has 132 valence electrons. The number of nitrogens with one attached hydrogen (secondary N) is 1. The average Bonchev–Trinajstić information content (AvgIpc) is 2.52. The van der Waals surface area contributed by atoms with Gasteiger partial charge in [0, 0.05) is 12.3 Å². The molecule has 2 aromatic rings. The number of benzene rings is 1. The van der Waals surface area contributed by atoms with Crippen LogP contribution in [0.3, 0.4) is 0 Å². The first kappa shape index (κ1) is 18.8. The Kier molecular flexibility index (Phi) is 5.37. The largest absolute Gasteiger partial charge is 0.269 e. The summed E-state index contributed by atoms with van der Waals surface area (Å²) in [6, 6.07) is 6.86. The third-order valence-corrected chi connectivity index (χ3v) is 5.08. The Balaban J connectivity index is 2.24. The average molecular weight is 359 g/mol. The van der Waals surface area contributed by atoms with Crippen LogP contribution < -0.4 is 4.72 Å². The van der Waals surface area contributed by atoms with E-state index in [2.05, 4.69) is 14.7 Å². The van der Waals surface area contributed by atoms with Gasteiger partial charge in [-0.05, 0) is 41.7 Å². The zero-order valence-electron chi connectivity index (χ0n) is 14.6. The highest BCUT2D eigenvalue weighted by molar-refractivity contribution is 7.90. The van der Waals surface area contributed by atoms with Crippen LogP contribution in [0.5, 0.6) is 0 Å². The summed E-state index contributed by atoms with van der Waals surface area (Å²) in [6.45, 7) is 7.69. The number of aryl methyl sites for hydroxylation is 1. The number of carbonyl (C=O) groups is 1. The van der Waals surface area contributed by atoms with Crippen molar-refractivity contribution in [2.45, 2.75) is 38.0 Å². The molecule has 1 N–H and O–H groups in total. The molecular weight excluding hydrogens is 338 g/mol. The van der Waals surface area contributed by atoms with Crippen molar-refractivity contribution in [3.05, 3.63) is 59.7 Å². The van der Waals surface area contributed by atoms with Crippen LogP contribution >= 0.6 is 0 Å². The van der Waals surface area contributed by atoms with Crippen LogP contribution in [0.4, 0.5) is 0 Å². The maximum absolute atomic E-state index is 12.6. The third-order valence-electron chi connectivity index (χ3n) is 3.59. The minimum absolute atomic E-state index is 0.101. The zero-order chi connectivity index (χ0) is 18.7. The van der Waals surface area contributed by atoms with Gasteiger partial charge >= 0.3 is 0 Å². The molecule has 0 saturated carbocycles. The summed E-state index contributed by atoms with van der Waals surface area (Å²) in [5, 5.41) is 0. The quantitative estimate of drug-likeness (QED) is 0.848. The summed E-state index contributed by atoms with van der Waals surface area (Å²) in [5.41, 5.74) is 1.76. The Morgan fingerprint density at radius 2 is 1.92 bits per heavy atom. The van der Waals surface area contributed by atoms with E-state index >= 15 is 0 Å². The molecule has 1 aromatic carbocycles. The second-order valence-corrected chi connectivity index (χ2v) is 8.32. The van der Waals surface area contributed by atoms with E-state index in [1.54, 1.807) is 25.1 Å². The lowest BCUT2D eigenvalue weighted by atomic mass is 9.87. The van der Waals surface area contributed by atoms with Gasteiger partial charge in [0.15, 0.2) is 0 Å². The van der Waals surface area contributed by atoms with E-state index in [1.165, 1.54) is 18.6 Å². The Hall–Kier alpha value is -2.54. The molecule has 25 heavy (non-hydrogen) atoms. The van der Waals surface area contributed by atoms with Crippen molar-refractivity contribution >= 4 is 22.0 Å². The second kappa shape index (κ2) is 7.14. The molecule has 0 saturated heterocycles. The molecule has 0 fully saturated rings. The molecule has 1 amide bonds. The number of hydrogen-bond donors (Lipinski definition) is 1. The first-order valence-electron chi connectivity index (χ1n) is 7.71. The van der Waals surface area contributed by atoms with Crippen molar-refractivity contribution in [2.24, 2.45) is 0 Å². The standard InChI is InChI=1S/C18H21N3O3S/c1-13-5-6-14(18(2,3)4)11-16(13)25(23,24)21-17(22)8-7-15-9-10-19-12-20-15/h5-12H,1-4H3,(H,21,22)/b8-7+. The van der Waals surface area contributed by atoms with Crippen LogP contribution in [0.25, 0.3) is 6.08 Å². The SMILES string of the molecule is Cc1ccc(C(C)(C)C)cc1S(=O)(=O)NC(=O)/C=C/c1ccncn1. The van der Waals surface area contributed by atoms with E-state index in [0.29, 0.717) is 11.3 Å². The molecule has 0 aliphatic rings. The van der Waals surface area contributed by atoms with Crippen molar-refractivity contribution in [3.63, 3.8) is 0 Å². The molecule has 1 aromatic heterocycles. The molecule has 7 heteroatoms. The van der Waals surface area contributed by atoms with Crippen molar-refractivity contribution in [2.75, 3.05) is 0 Å². The van der Waals surface area contributed by atoms with Gasteiger partial charge in [-0.3, -0.25) is 4.79 Å². The van der Waals surface area contributed by atoms with Crippen LogP contribution in [-0.2, 0) is 20.2 Å². The van der Waals surface area contributed by atoms with Gasteiger partial charge in [0.1, 0.15) is 6.33 Å². The van der Waals surface area contributed by atoms with Crippen molar-refractivity contribution < 1.29 is 13.2 Å². The highest BCUT2D eigenvalue weighted by Gasteiger charge is 2.22. The monoisotopic (exact) mass is 359 g/mol. The molecule has 0 unspecified atom stereocenters. The molecule has 0 atom stereocenters. The first-order chi connectivity index (χ1) is 11.6. The maximum Gasteiger partial charge on any atom is 0.264 e. The number of amides is 1. The molecule has 0 radical (unpaired) electrons. The lowest BCUT2D eigenvalue weighted by Crippen LogP contribution is -2.30. The summed E-state index contributed by atoms with van der Waals surface area (Å²) in [7, 11) is -3.96. The number of hydrogen-bond acceptors (Lipinski definition) is 5. The van der Waals surface area contributed by atoms with E-state index < -0.39 is 15.9 Å². The summed E-state index contributed by atoms with van der Waals surface area (Å²) in [4.78, 5) is 19.8. The lowest BCUT2D eigenvalue weighted by molar-refractivity contribution is -0.114. The number of nitrogens with zero attached hydrogens (tertiary/aromatic N) is 2. The fourth-order valence-corrected chi connectivity index (χ4v) is 3.36. The number of carbonyl (C=O) groups excluding carboxylic acids is 1. The Morgan fingerprint density at radius 1 is 1.20 bits per heavy atom. The fourth-order valence-electron chi connectivity index (χ4n) is 2.14. The molecule has 0 aliphatic heterocycles. The molecule has 0 bridgehead atoms. The molecule has 6 nitrogen and oxygen atoms in total. The highest BCUT2D eigenvalue weighted by atomic mass is 32.2. The molecular formula is C18H21N3O3S. The molecule has 0 spiro atoms. The van der Waals surface area contributed by atoms with Crippen LogP contribution in [0.15, 0.2) is 47.8 Å². The fraction of sp³-hybridized carbons (Fsp3) is 0.278. The number of rotatable bonds is 4. The van der Waals surface area contributed by atoms with E-state index in [4.69, 9.17) is 0 Å². The Bertz CT molecular complexity index is 899. The highest BCUT2D eigenvalue weighted by Crippen LogP contribution is 2.26. The summed E-state index contributed by atoms with van der Waals surface area (Å²) < 4.78 is 27.2. The van der Waals surface area contributed by atoms with Gasteiger partial charge in [0.25, 0.3) is 15.9 Å². The maximum atomic E-state index is 12.6. The van der Waals surface area contributed by atoms with E-state index in [0.717, 1.165) is 11.6 Å². The topological polar surface area (TPSA) is 89.0 Å². The zero-order valence-corrected chi connectivity index (χ0v) is 15.5. The Morgan fingerprint density at radius 3 is 2.52 bits per heavy atom. The third kappa shape index (κ3) is 4.96. The van der Waals surface area contributed by atoms with Crippen LogP contribution in [0, 0.1) is 6.92 Å². The predicted molar refractivity (Wildman–Crippen MR) is 96.3 cm³/mol.